The maximum absolute atomic E-state index is 13.0. The van der Waals surface area contributed by atoms with Crippen LogP contribution in [0.25, 0.3) is 21.1 Å². The van der Waals surface area contributed by atoms with E-state index < -0.39 is 0 Å². The summed E-state index contributed by atoms with van der Waals surface area (Å²) in [4.78, 5) is 21.3. The highest BCUT2D eigenvalue weighted by Gasteiger charge is 2.23. The molecule has 5 heteroatoms. The summed E-state index contributed by atoms with van der Waals surface area (Å²) in [5.41, 5.74) is 10.4. The van der Waals surface area contributed by atoms with E-state index in [0.717, 1.165) is 47.1 Å². The van der Waals surface area contributed by atoms with Gasteiger partial charge in [-0.1, -0.05) is 25.0 Å². The van der Waals surface area contributed by atoms with Gasteiger partial charge in [-0.15, -0.1) is 11.3 Å². The lowest BCUT2D eigenvalue weighted by atomic mass is 10.0. The molecular weight excluding hydrogens is 330 g/mol. The number of hydrogen-bond acceptors (Lipinski definition) is 4. The van der Waals surface area contributed by atoms with E-state index in [1.54, 1.807) is 0 Å². The second-order valence-electron chi connectivity index (χ2n) is 6.97. The Labute approximate surface area is 151 Å². The van der Waals surface area contributed by atoms with E-state index in [1.165, 1.54) is 35.3 Å². The molecule has 1 aliphatic rings. The lowest BCUT2D eigenvalue weighted by molar-refractivity contribution is 0.0767. The van der Waals surface area contributed by atoms with Crippen LogP contribution in [0.5, 0.6) is 0 Å². The zero-order valence-electron chi connectivity index (χ0n) is 14.8. The lowest BCUT2D eigenvalue weighted by Gasteiger charge is -2.19. The summed E-state index contributed by atoms with van der Waals surface area (Å²) in [5.74, 6) is 0.0689. The quantitative estimate of drug-likeness (QED) is 0.692. The maximum atomic E-state index is 13.0. The Morgan fingerprint density at radius 1 is 1.16 bits per heavy atom. The van der Waals surface area contributed by atoms with Gasteiger partial charge in [0, 0.05) is 23.9 Å². The third-order valence-electron chi connectivity index (χ3n) is 5.30. The van der Waals surface area contributed by atoms with Crippen LogP contribution in [-0.2, 0) is 0 Å². The number of nitrogens with two attached hydrogens (primary N) is 1. The minimum Gasteiger partial charge on any atom is -0.397 e. The van der Waals surface area contributed by atoms with E-state index in [1.807, 2.05) is 4.90 Å². The molecule has 3 aromatic rings. The number of pyridine rings is 1. The van der Waals surface area contributed by atoms with Crippen LogP contribution < -0.4 is 5.73 Å². The number of carbonyl (C=O) groups is 1. The summed E-state index contributed by atoms with van der Waals surface area (Å²) in [5, 5.41) is 1.98. The highest BCUT2D eigenvalue weighted by molar-refractivity contribution is 7.21. The van der Waals surface area contributed by atoms with Crippen molar-refractivity contribution in [3.8, 4) is 0 Å². The Morgan fingerprint density at radius 2 is 1.88 bits per heavy atom. The van der Waals surface area contributed by atoms with Crippen LogP contribution >= 0.6 is 11.3 Å². The molecule has 0 radical (unpaired) electrons. The fraction of sp³-hybridized carbons (Fsp3) is 0.400. The molecule has 0 aliphatic carbocycles. The number of nitrogens with zero attached hydrogens (tertiary/aromatic N) is 2. The van der Waals surface area contributed by atoms with E-state index in [4.69, 9.17) is 10.7 Å². The molecule has 1 fully saturated rings. The number of rotatable bonds is 1. The predicted octanol–water partition coefficient (Wildman–Crippen LogP) is 4.66. The first-order chi connectivity index (χ1) is 12.1. The summed E-state index contributed by atoms with van der Waals surface area (Å²) in [6.45, 7) is 5.86. The normalized spacial score (nSPS) is 15.7. The highest BCUT2D eigenvalue weighted by atomic mass is 32.1. The van der Waals surface area contributed by atoms with Crippen molar-refractivity contribution in [1.29, 1.82) is 0 Å². The molecule has 0 spiro atoms. The van der Waals surface area contributed by atoms with Gasteiger partial charge in [0.05, 0.1) is 11.2 Å². The number of amides is 1. The summed E-state index contributed by atoms with van der Waals surface area (Å²) >= 11 is 1.43. The fourth-order valence-corrected chi connectivity index (χ4v) is 4.63. The third kappa shape index (κ3) is 2.76. The topological polar surface area (TPSA) is 59.2 Å². The van der Waals surface area contributed by atoms with Gasteiger partial charge in [0.25, 0.3) is 5.91 Å². The second kappa shape index (κ2) is 6.30. The average molecular weight is 353 g/mol. The molecule has 1 aliphatic heterocycles. The van der Waals surface area contributed by atoms with E-state index in [0.29, 0.717) is 10.6 Å². The largest absolute Gasteiger partial charge is 0.397 e. The number of hydrogen-bond donors (Lipinski definition) is 1. The highest BCUT2D eigenvalue weighted by Crippen LogP contribution is 2.36. The van der Waals surface area contributed by atoms with Crippen molar-refractivity contribution in [1.82, 2.24) is 9.88 Å². The summed E-state index contributed by atoms with van der Waals surface area (Å²) in [6.07, 6.45) is 4.57. The number of aryl methyl sites for hydroxylation is 2. The zero-order valence-corrected chi connectivity index (χ0v) is 15.6. The first-order valence-electron chi connectivity index (χ1n) is 8.94. The molecule has 1 amide bonds. The number of carbonyl (C=O) groups excluding carboxylic acids is 1. The third-order valence-corrected chi connectivity index (χ3v) is 6.40. The van der Waals surface area contributed by atoms with Gasteiger partial charge in [0.2, 0.25) is 0 Å². The number of benzene rings is 1. The minimum atomic E-state index is 0.0689. The van der Waals surface area contributed by atoms with Crippen LogP contribution in [0.2, 0.25) is 0 Å². The summed E-state index contributed by atoms with van der Waals surface area (Å²) in [7, 11) is 0. The van der Waals surface area contributed by atoms with Crippen molar-refractivity contribution in [2.75, 3.05) is 18.8 Å². The van der Waals surface area contributed by atoms with Gasteiger partial charge in [-0.05, 0) is 43.9 Å². The fourth-order valence-electron chi connectivity index (χ4n) is 3.59. The Morgan fingerprint density at radius 3 is 2.60 bits per heavy atom. The monoisotopic (exact) mass is 353 g/mol. The number of likely N-dealkylation sites (tertiary alicyclic amines) is 1. The predicted molar refractivity (Wildman–Crippen MR) is 105 cm³/mol. The SMILES string of the molecule is Cc1ccc2cc3c(N)c(C(=O)N4CCCCCC4)sc3nc2c1C. The number of aromatic nitrogens is 1. The number of thiophene rings is 1. The Bertz CT molecular complexity index is 968. The molecule has 0 atom stereocenters. The average Bonchev–Trinajstić information content (AvgIpc) is 2.80. The number of fused-ring (bicyclic) bond motifs is 2. The van der Waals surface area contributed by atoms with Crippen LogP contribution in [0, 0.1) is 13.8 Å². The first-order valence-corrected chi connectivity index (χ1v) is 9.76. The van der Waals surface area contributed by atoms with E-state index in [-0.39, 0.29) is 5.91 Å². The molecule has 25 heavy (non-hydrogen) atoms. The number of nitrogen functional groups attached to an aromatic ring is 1. The molecule has 0 saturated carbocycles. The van der Waals surface area contributed by atoms with Crippen molar-refractivity contribution in [3.05, 3.63) is 34.2 Å². The van der Waals surface area contributed by atoms with Gasteiger partial charge >= 0.3 is 0 Å². The molecule has 4 rings (SSSR count). The van der Waals surface area contributed by atoms with Gasteiger partial charge in [0.15, 0.2) is 0 Å². The molecule has 0 bridgehead atoms. The van der Waals surface area contributed by atoms with Crippen molar-refractivity contribution in [2.45, 2.75) is 39.5 Å². The molecule has 4 nitrogen and oxygen atoms in total. The van der Waals surface area contributed by atoms with Gasteiger partial charge in [-0.2, -0.15) is 0 Å². The van der Waals surface area contributed by atoms with Crippen LogP contribution in [0.4, 0.5) is 5.69 Å². The molecule has 3 heterocycles. The van der Waals surface area contributed by atoms with Crippen molar-refractivity contribution in [2.24, 2.45) is 0 Å². The second-order valence-corrected chi connectivity index (χ2v) is 7.97. The first kappa shape index (κ1) is 16.3. The molecular formula is C20H23N3OS. The molecule has 130 valence electrons. The van der Waals surface area contributed by atoms with Crippen LogP contribution in [0.3, 0.4) is 0 Å². The number of anilines is 1. The maximum Gasteiger partial charge on any atom is 0.266 e. The smallest absolute Gasteiger partial charge is 0.266 e. The Balaban J connectivity index is 1.82. The van der Waals surface area contributed by atoms with Crippen molar-refractivity contribution < 1.29 is 4.79 Å². The Kier molecular flexibility index (Phi) is 4.12. The lowest BCUT2D eigenvalue weighted by Crippen LogP contribution is -2.31. The molecule has 0 unspecified atom stereocenters. The molecule has 1 aromatic carbocycles. The van der Waals surface area contributed by atoms with Crippen molar-refractivity contribution >= 4 is 44.1 Å². The van der Waals surface area contributed by atoms with E-state index in [2.05, 4.69) is 32.0 Å². The van der Waals surface area contributed by atoms with E-state index >= 15 is 0 Å². The van der Waals surface area contributed by atoms with Gasteiger partial charge in [-0.25, -0.2) is 4.98 Å². The van der Waals surface area contributed by atoms with Gasteiger partial charge < -0.3 is 10.6 Å². The van der Waals surface area contributed by atoms with Crippen LogP contribution in [0.1, 0.15) is 46.5 Å². The minimum absolute atomic E-state index is 0.0689. The van der Waals surface area contributed by atoms with Crippen LogP contribution in [0.15, 0.2) is 18.2 Å². The standard InChI is InChI=1S/C20H23N3OS/c1-12-7-8-14-11-15-16(21)18(25-19(15)22-17(14)13(12)2)20(24)23-9-5-3-4-6-10-23/h7-8,11H,3-6,9-10,21H2,1-2H3. The van der Waals surface area contributed by atoms with Gasteiger partial charge in [0.1, 0.15) is 9.71 Å². The zero-order chi connectivity index (χ0) is 17.6. The summed E-state index contributed by atoms with van der Waals surface area (Å²) < 4.78 is 0. The van der Waals surface area contributed by atoms with Crippen molar-refractivity contribution in [3.63, 3.8) is 0 Å². The van der Waals surface area contributed by atoms with Gasteiger partial charge in [-0.3, -0.25) is 4.79 Å². The van der Waals surface area contributed by atoms with E-state index in [9.17, 15) is 4.79 Å². The summed E-state index contributed by atoms with van der Waals surface area (Å²) in [6, 6.07) is 6.27. The molecule has 1 saturated heterocycles. The molecule has 2 aromatic heterocycles. The van der Waals surface area contributed by atoms with Crippen LogP contribution in [-0.4, -0.2) is 28.9 Å². The Hall–Kier alpha value is -2.14. The molecule has 2 N–H and O–H groups in total.